The summed E-state index contributed by atoms with van der Waals surface area (Å²) in [5, 5.41) is 10.9. The van der Waals surface area contributed by atoms with E-state index in [-0.39, 0.29) is 30.8 Å². The number of aromatic nitrogens is 1. The van der Waals surface area contributed by atoms with Gasteiger partial charge in [-0.1, -0.05) is 31.2 Å². The van der Waals surface area contributed by atoms with Crippen molar-refractivity contribution < 1.29 is 14.4 Å². The average Bonchev–Trinajstić information content (AvgIpc) is 3.63. The summed E-state index contributed by atoms with van der Waals surface area (Å²) < 4.78 is 0. The van der Waals surface area contributed by atoms with Crippen LogP contribution < -0.4 is 10.6 Å². The number of likely N-dealkylation sites (N-methyl/N-ethyl adjacent to an activating group) is 2. The number of carbonyl (C=O) groups is 3. The monoisotopic (exact) mass is 577 g/mol. The Morgan fingerprint density at radius 2 is 1.73 bits per heavy atom. The van der Waals surface area contributed by atoms with Gasteiger partial charge in [-0.25, -0.2) is 9.99 Å². The van der Waals surface area contributed by atoms with E-state index in [1.807, 2.05) is 49.2 Å². The standard InChI is InChI=1S/C30H39N7O3S/c1-6-31-13-14-36(20-28(39)35(5)37-18-23-9-7-8-10-24(23)19-37)27(38)17-32-25-12-11-22(15-21(25)2)29-33-16-26(41-29)30(40)34(3)4/h7-12,15-16,31-32H,6,13-14,17-20H2,1-5H3. The third-order valence-electron chi connectivity index (χ3n) is 7.12. The zero-order chi connectivity index (χ0) is 29.5. The molecule has 2 N–H and O–H groups in total. The average molecular weight is 578 g/mol. The molecule has 218 valence electrons. The van der Waals surface area contributed by atoms with Gasteiger partial charge in [0.2, 0.25) is 5.91 Å². The Balaban J connectivity index is 1.37. The quantitative estimate of drug-likeness (QED) is 0.319. The molecule has 0 aliphatic carbocycles. The number of hydrogen-bond acceptors (Lipinski definition) is 8. The lowest BCUT2D eigenvalue weighted by Gasteiger charge is -2.31. The number of nitrogens with one attached hydrogen (secondary N) is 2. The summed E-state index contributed by atoms with van der Waals surface area (Å²) in [6.07, 6.45) is 1.60. The van der Waals surface area contributed by atoms with Crippen LogP contribution in [0.2, 0.25) is 0 Å². The second-order valence-corrected chi connectivity index (χ2v) is 11.3. The van der Waals surface area contributed by atoms with Crippen molar-refractivity contribution in [1.29, 1.82) is 0 Å². The summed E-state index contributed by atoms with van der Waals surface area (Å²) in [6.45, 7) is 7.22. The van der Waals surface area contributed by atoms with E-state index < -0.39 is 0 Å². The van der Waals surface area contributed by atoms with E-state index in [9.17, 15) is 14.4 Å². The fraction of sp³-hybridized carbons (Fsp3) is 0.400. The van der Waals surface area contributed by atoms with Gasteiger partial charge >= 0.3 is 0 Å². The van der Waals surface area contributed by atoms with Crippen molar-refractivity contribution >= 4 is 34.7 Å². The molecule has 3 amide bonds. The largest absolute Gasteiger partial charge is 0.376 e. The molecule has 3 aromatic rings. The van der Waals surface area contributed by atoms with Gasteiger partial charge in [-0.3, -0.25) is 19.4 Å². The van der Waals surface area contributed by atoms with Crippen LogP contribution in [0.4, 0.5) is 5.69 Å². The van der Waals surface area contributed by atoms with Crippen LogP contribution in [0, 0.1) is 6.92 Å². The maximum absolute atomic E-state index is 13.3. The third-order valence-corrected chi connectivity index (χ3v) is 8.16. The number of thiazole rings is 1. The van der Waals surface area contributed by atoms with Crippen LogP contribution in [-0.2, 0) is 22.7 Å². The zero-order valence-corrected chi connectivity index (χ0v) is 25.3. The number of nitrogens with zero attached hydrogens (tertiary/aromatic N) is 5. The molecule has 1 aliphatic heterocycles. The molecule has 1 aliphatic rings. The Kier molecular flexibility index (Phi) is 10.1. The van der Waals surface area contributed by atoms with Gasteiger partial charge in [0.1, 0.15) is 16.4 Å². The van der Waals surface area contributed by atoms with Gasteiger partial charge in [0.15, 0.2) is 0 Å². The van der Waals surface area contributed by atoms with E-state index in [0.717, 1.165) is 28.4 Å². The Labute approximate surface area is 245 Å². The van der Waals surface area contributed by atoms with Gasteiger partial charge < -0.3 is 20.4 Å². The highest BCUT2D eigenvalue weighted by Gasteiger charge is 2.27. The first-order valence-corrected chi connectivity index (χ1v) is 14.6. The fourth-order valence-corrected chi connectivity index (χ4v) is 5.57. The minimum absolute atomic E-state index is 0.00518. The molecule has 11 heteroatoms. The molecular formula is C30H39N7O3S. The number of aryl methyl sites for hydroxylation is 1. The molecule has 0 spiro atoms. The number of anilines is 1. The van der Waals surface area contributed by atoms with Crippen LogP contribution in [-0.4, -0.2) is 96.4 Å². The predicted octanol–water partition coefficient (Wildman–Crippen LogP) is 3.06. The van der Waals surface area contributed by atoms with E-state index in [4.69, 9.17) is 0 Å². The minimum atomic E-state index is -0.149. The maximum Gasteiger partial charge on any atom is 0.265 e. The maximum atomic E-state index is 13.3. The Hall–Kier alpha value is -3.80. The Bertz CT molecular complexity index is 1360. The first kappa shape index (κ1) is 30.2. The lowest BCUT2D eigenvalue weighted by atomic mass is 10.1. The molecule has 0 saturated heterocycles. The smallest absolute Gasteiger partial charge is 0.265 e. The molecule has 0 radical (unpaired) electrons. The molecular weight excluding hydrogens is 538 g/mol. The van der Waals surface area contributed by atoms with Gasteiger partial charge in [-0.05, 0) is 48.4 Å². The van der Waals surface area contributed by atoms with Gasteiger partial charge in [0.05, 0.1) is 12.7 Å². The summed E-state index contributed by atoms with van der Waals surface area (Å²) >= 11 is 1.35. The number of hydrazine groups is 1. The molecule has 0 atom stereocenters. The predicted molar refractivity (Wildman–Crippen MR) is 162 cm³/mol. The van der Waals surface area contributed by atoms with Crippen LogP contribution in [0.15, 0.2) is 48.7 Å². The number of rotatable bonds is 12. The molecule has 2 aromatic carbocycles. The first-order valence-electron chi connectivity index (χ1n) is 13.8. The number of benzene rings is 2. The minimum Gasteiger partial charge on any atom is -0.376 e. The number of carbonyl (C=O) groups excluding carboxylic acids is 3. The number of amides is 3. The number of hydrogen-bond donors (Lipinski definition) is 2. The van der Waals surface area contributed by atoms with Crippen LogP contribution in [0.5, 0.6) is 0 Å². The van der Waals surface area contributed by atoms with Crippen molar-refractivity contribution in [2.45, 2.75) is 26.9 Å². The topological polar surface area (TPSA) is 101 Å². The van der Waals surface area contributed by atoms with Crippen molar-refractivity contribution in [2.75, 3.05) is 59.2 Å². The highest BCUT2D eigenvalue weighted by molar-refractivity contribution is 7.16. The Morgan fingerprint density at radius 3 is 2.37 bits per heavy atom. The summed E-state index contributed by atoms with van der Waals surface area (Å²) in [6, 6.07) is 14.0. The van der Waals surface area contributed by atoms with Gasteiger partial charge in [-0.15, -0.1) is 11.3 Å². The van der Waals surface area contributed by atoms with E-state index >= 15 is 0 Å². The van der Waals surface area contributed by atoms with Crippen LogP contribution >= 0.6 is 11.3 Å². The molecule has 1 aromatic heterocycles. The summed E-state index contributed by atoms with van der Waals surface area (Å²) in [5.74, 6) is -0.348. The van der Waals surface area contributed by atoms with E-state index in [1.165, 1.54) is 27.4 Å². The van der Waals surface area contributed by atoms with Crippen LogP contribution in [0.25, 0.3) is 10.6 Å². The van der Waals surface area contributed by atoms with Crippen LogP contribution in [0.1, 0.15) is 33.3 Å². The van der Waals surface area contributed by atoms with Crippen molar-refractivity contribution in [1.82, 2.24) is 30.1 Å². The molecule has 0 saturated carbocycles. The summed E-state index contributed by atoms with van der Waals surface area (Å²) in [5.41, 5.74) is 5.13. The van der Waals surface area contributed by atoms with Gasteiger partial charge in [-0.2, -0.15) is 0 Å². The van der Waals surface area contributed by atoms with Crippen molar-refractivity contribution in [3.8, 4) is 10.6 Å². The van der Waals surface area contributed by atoms with Crippen molar-refractivity contribution in [2.24, 2.45) is 0 Å². The molecule has 10 nitrogen and oxygen atoms in total. The van der Waals surface area contributed by atoms with E-state index in [1.54, 1.807) is 37.2 Å². The van der Waals surface area contributed by atoms with Crippen molar-refractivity contribution in [3.05, 3.63) is 70.2 Å². The second kappa shape index (κ2) is 13.7. The molecule has 0 unspecified atom stereocenters. The molecule has 0 fully saturated rings. The highest BCUT2D eigenvalue weighted by Crippen LogP contribution is 2.29. The zero-order valence-electron chi connectivity index (χ0n) is 24.4. The summed E-state index contributed by atoms with van der Waals surface area (Å²) in [4.78, 5) is 46.9. The molecule has 4 rings (SSSR count). The first-order chi connectivity index (χ1) is 19.7. The molecule has 41 heavy (non-hydrogen) atoms. The summed E-state index contributed by atoms with van der Waals surface area (Å²) in [7, 11) is 5.21. The van der Waals surface area contributed by atoms with E-state index in [0.29, 0.717) is 31.1 Å². The third kappa shape index (κ3) is 7.49. The molecule has 0 bridgehead atoms. The van der Waals surface area contributed by atoms with E-state index in [2.05, 4.69) is 27.8 Å². The second-order valence-electron chi connectivity index (χ2n) is 10.3. The normalized spacial score (nSPS) is 12.6. The highest BCUT2D eigenvalue weighted by atomic mass is 32.1. The van der Waals surface area contributed by atoms with Gasteiger partial charge in [0.25, 0.3) is 11.8 Å². The SMILES string of the molecule is CCNCCN(CC(=O)N(C)N1Cc2ccccc2C1)C(=O)CNc1ccc(-c2ncc(C(=O)N(C)C)s2)cc1C. The van der Waals surface area contributed by atoms with Crippen LogP contribution in [0.3, 0.4) is 0 Å². The lowest BCUT2D eigenvalue weighted by molar-refractivity contribution is -0.151. The Morgan fingerprint density at radius 1 is 1.02 bits per heavy atom. The lowest BCUT2D eigenvalue weighted by Crippen LogP contribution is -2.49. The fourth-order valence-electron chi connectivity index (χ4n) is 4.64. The van der Waals surface area contributed by atoms with Crippen molar-refractivity contribution in [3.63, 3.8) is 0 Å². The number of fused-ring (bicyclic) bond motifs is 1. The van der Waals surface area contributed by atoms with Gasteiger partial charge in [0, 0.05) is 58.6 Å². The molecule has 2 heterocycles.